The smallest absolute Gasteiger partial charge is 0.256 e. The Bertz CT molecular complexity index is 751. The molecule has 2 aromatic rings. The molecule has 0 atom stereocenters. The maximum Gasteiger partial charge on any atom is 0.256 e. The van der Waals surface area contributed by atoms with Gasteiger partial charge >= 0.3 is 0 Å². The molecule has 1 aromatic heterocycles. The highest BCUT2D eigenvalue weighted by Crippen LogP contribution is 2.28. The first-order valence-corrected chi connectivity index (χ1v) is 8.40. The van der Waals surface area contributed by atoms with Crippen molar-refractivity contribution in [3.8, 4) is 0 Å². The molecule has 126 valence electrons. The predicted octanol–water partition coefficient (Wildman–Crippen LogP) is 1.54. The topological polar surface area (TPSA) is 63.1 Å². The number of aromatic nitrogens is 3. The van der Waals surface area contributed by atoms with Crippen molar-refractivity contribution in [2.75, 3.05) is 19.6 Å². The number of piperidine rings is 1. The third kappa shape index (κ3) is 2.69. The van der Waals surface area contributed by atoms with Gasteiger partial charge in [-0.1, -0.05) is 12.1 Å². The third-order valence-corrected chi connectivity index (χ3v) is 4.90. The number of hydrogen-bond donors (Lipinski definition) is 1. The lowest BCUT2D eigenvalue weighted by atomic mass is 9.95. The second-order valence-corrected chi connectivity index (χ2v) is 6.35. The summed E-state index contributed by atoms with van der Waals surface area (Å²) in [6.45, 7) is 3.84. The molecule has 1 aromatic carbocycles. The molecule has 1 saturated heterocycles. The Kier molecular flexibility index (Phi) is 4.02. The van der Waals surface area contributed by atoms with E-state index in [1.165, 1.54) is 6.07 Å². The van der Waals surface area contributed by atoms with E-state index in [0.29, 0.717) is 19.0 Å². The van der Waals surface area contributed by atoms with Gasteiger partial charge in [-0.05, 0) is 25.0 Å². The quantitative estimate of drug-likeness (QED) is 0.908. The Morgan fingerprint density at radius 3 is 2.75 bits per heavy atom. The van der Waals surface area contributed by atoms with E-state index in [2.05, 4.69) is 20.1 Å². The van der Waals surface area contributed by atoms with Crippen LogP contribution < -0.4 is 5.32 Å². The van der Waals surface area contributed by atoms with Gasteiger partial charge in [0.25, 0.3) is 5.91 Å². The summed E-state index contributed by atoms with van der Waals surface area (Å²) in [5, 5.41) is 11.9. The molecule has 0 bridgehead atoms. The van der Waals surface area contributed by atoms with Crippen LogP contribution in [0.1, 0.15) is 40.8 Å². The van der Waals surface area contributed by atoms with Gasteiger partial charge in [0.15, 0.2) is 0 Å². The van der Waals surface area contributed by atoms with Crippen LogP contribution >= 0.6 is 0 Å². The number of rotatable bonds is 2. The summed E-state index contributed by atoms with van der Waals surface area (Å²) in [6.07, 6.45) is 1.68. The van der Waals surface area contributed by atoms with Crippen molar-refractivity contribution in [1.29, 1.82) is 0 Å². The van der Waals surface area contributed by atoms with E-state index in [0.717, 1.165) is 44.1 Å². The molecule has 3 heterocycles. The SMILES string of the molecule is O=C(c1ccccc1F)N1CCC(c2nnc3n2CCNC3)CC1. The summed E-state index contributed by atoms with van der Waals surface area (Å²) in [5.74, 6) is 1.65. The summed E-state index contributed by atoms with van der Waals surface area (Å²) < 4.78 is 16.0. The number of amides is 1. The maximum absolute atomic E-state index is 13.8. The number of likely N-dealkylation sites (tertiary alicyclic amines) is 1. The van der Waals surface area contributed by atoms with Crippen molar-refractivity contribution in [3.63, 3.8) is 0 Å². The van der Waals surface area contributed by atoms with Crippen molar-refractivity contribution in [2.45, 2.75) is 31.8 Å². The molecular weight excluding hydrogens is 309 g/mol. The van der Waals surface area contributed by atoms with Gasteiger partial charge in [-0.25, -0.2) is 4.39 Å². The van der Waals surface area contributed by atoms with Gasteiger partial charge in [0, 0.05) is 32.1 Å². The average Bonchev–Trinajstić information content (AvgIpc) is 3.06. The zero-order valence-corrected chi connectivity index (χ0v) is 13.4. The average molecular weight is 329 g/mol. The van der Waals surface area contributed by atoms with Crippen molar-refractivity contribution < 1.29 is 9.18 Å². The highest BCUT2D eigenvalue weighted by molar-refractivity contribution is 5.94. The molecule has 0 spiro atoms. The molecule has 0 aliphatic carbocycles. The molecule has 2 aliphatic heterocycles. The molecule has 6 nitrogen and oxygen atoms in total. The summed E-state index contributed by atoms with van der Waals surface area (Å²) in [4.78, 5) is 14.2. The fourth-order valence-corrected chi connectivity index (χ4v) is 3.56. The van der Waals surface area contributed by atoms with Crippen molar-refractivity contribution in [2.24, 2.45) is 0 Å². The van der Waals surface area contributed by atoms with E-state index in [-0.39, 0.29) is 11.5 Å². The zero-order chi connectivity index (χ0) is 16.5. The number of carbonyl (C=O) groups excluding carboxylic acids is 1. The van der Waals surface area contributed by atoms with E-state index in [1.807, 2.05) is 0 Å². The lowest BCUT2D eigenvalue weighted by Crippen LogP contribution is -2.39. The Balaban J connectivity index is 1.45. The van der Waals surface area contributed by atoms with Gasteiger partial charge in [-0.2, -0.15) is 0 Å². The first-order valence-electron chi connectivity index (χ1n) is 8.40. The Labute approximate surface area is 139 Å². The number of benzene rings is 1. The van der Waals surface area contributed by atoms with Crippen LogP contribution in [0.5, 0.6) is 0 Å². The third-order valence-electron chi connectivity index (χ3n) is 4.90. The number of fused-ring (bicyclic) bond motifs is 1. The molecule has 7 heteroatoms. The van der Waals surface area contributed by atoms with Crippen LogP contribution in [0.25, 0.3) is 0 Å². The second-order valence-electron chi connectivity index (χ2n) is 6.35. The lowest BCUT2D eigenvalue weighted by molar-refractivity contribution is 0.0705. The molecule has 24 heavy (non-hydrogen) atoms. The maximum atomic E-state index is 13.8. The van der Waals surface area contributed by atoms with Gasteiger partial charge in [-0.15, -0.1) is 10.2 Å². The first kappa shape index (κ1) is 15.3. The minimum Gasteiger partial charge on any atom is -0.339 e. The van der Waals surface area contributed by atoms with Crippen LogP contribution in [0.3, 0.4) is 0 Å². The van der Waals surface area contributed by atoms with Gasteiger partial charge in [-0.3, -0.25) is 4.79 Å². The molecule has 0 saturated carbocycles. The van der Waals surface area contributed by atoms with Crippen LogP contribution in [0.4, 0.5) is 4.39 Å². The number of nitrogens with zero attached hydrogens (tertiary/aromatic N) is 4. The Hall–Kier alpha value is -2.28. The van der Waals surface area contributed by atoms with Gasteiger partial charge in [0.1, 0.15) is 17.5 Å². The summed E-state index contributed by atoms with van der Waals surface area (Å²) in [5.41, 5.74) is 0.155. The zero-order valence-electron chi connectivity index (χ0n) is 13.4. The van der Waals surface area contributed by atoms with Crippen molar-refractivity contribution >= 4 is 5.91 Å². The first-order chi connectivity index (χ1) is 11.7. The van der Waals surface area contributed by atoms with Crippen LogP contribution in [-0.2, 0) is 13.1 Å². The van der Waals surface area contributed by atoms with Crippen LogP contribution in [0.15, 0.2) is 24.3 Å². The van der Waals surface area contributed by atoms with Crippen LogP contribution in [0, 0.1) is 5.82 Å². The number of halogens is 1. The lowest BCUT2D eigenvalue weighted by Gasteiger charge is -2.32. The van der Waals surface area contributed by atoms with Gasteiger partial charge in [0.05, 0.1) is 12.1 Å². The number of carbonyl (C=O) groups is 1. The minimum atomic E-state index is -0.455. The van der Waals surface area contributed by atoms with Crippen molar-refractivity contribution in [1.82, 2.24) is 25.0 Å². The predicted molar refractivity (Wildman–Crippen MR) is 86.0 cm³/mol. The summed E-state index contributed by atoms with van der Waals surface area (Å²) in [7, 11) is 0. The van der Waals surface area contributed by atoms with Gasteiger partial charge < -0.3 is 14.8 Å². The molecular formula is C17H20FN5O. The number of nitrogens with one attached hydrogen (secondary N) is 1. The summed E-state index contributed by atoms with van der Waals surface area (Å²) >= 11 is 0. The Morgan fingerprint density at radius 1 is 1.17 bits per heavy atom. The Morgan fingerprint density at radius 2 is 1.96 bits per heavy atom. The molecule has 1 fully saturated rings. The highest BCUT2D eigenvalue weighted by Gasteiger charge is 2.29. The van der Waals surface area contributed by atoms with E-state index >= 15 is 0 Å². The van der Waals surface area contributed by atoms with E-state index in [1.54, 1.807) is 23.1 Å². The monoisotopic (exact) mass is 329 g/mol. The van der Waals surface area contributed by atoms with Crippen LogP contribution in [0.2, 0.25) is 0 Å². The molecule has 1 N–H and O–H groups in total. The normalized spacial score (nSPS) is 18.5. The highest BCUT2D eigenvalue weighted by atomic mass is 19.1. The standard InChI is InChI=1S/C17H20FN5O/c18-14-4-2-1-3-13(14)17(24)22-8-5-12(6-9-22)16-21-20-15-11-19-7-10-23(15)16/h1-4,12,19H,5-11H2. The van der Waals surface area contributed by atoms with Gasteiger partial charge in [0.2, 0.25) is 0 Å². The molecule has 4 rings (SSSR count). The van der Waals surface area contributed by atoms with E-state index < -0.39 is 5.82 Å². The van der Waals surface area contributed by atoms with E-state index in [4.69, 9.17) is 0 Å². The number of hydrogen-bond acceptors (Lipinski definition) is 4. The van der Waals surface area contributed by atoms with Crippen molar-refractivity contribution in [3.05, 3.63) is 47.3 Å². The summed E-state index contributed by atoms with van der Waals surface area (Å²) in [6, 6.07) is 6.17. The largest absolute Gasteiger partial charge is 0.339 e. The van der Waals surface area contributed by atoms with E-state index in [9.17, 15) is 9.18 Å². The second kappa shape index (κ2) is 6.32. The molecule has 2 aliphatic rings. The fourth-order valence-electron chi connectivity index (χ4n) is 3.56. The molecule has 0 unspecified atom stereocenters. The fraction of sp³-hybridized carbons (Fsp3) is 0.471. The molecule has 1 amide bonds. The van der Waals surface area contributed by atoms with Crippen LogP contribution in [-0.4, -0.2) is 45.2 Å². The molecule has 0 radical (unpaired) electrons. The minimum absolute atomic E-state index is 0.155.